The van der Waals surface area contributed by atoms with Crippen molar-refractivity contribution in [1.29, 1.82) is 0 Å². The highest BCUT2D eigenvalue weighted by atomic mass is 19.4. The third-order valence-electron chi connectivity index (χ3n) is 4.22. The van der Waals surface area contributed by atoms with Crippen molar-refractivity contribution in [3.05, 3.63) is 47.4 Å². The first kappa shape index (κ1) is 21.7. The fourth-order valence-corrected chi connectivity index (χ4v) is 2.61. The predicted octanol–water partition coefficient (Wildman–Crippen LogP) is 4.23. The minimum absolute atomic E-state index is 0.0181. The summed E-state index contributed by atoms with van der Waals surface area (Å²) in [6.07, 6.45) is 3.61. The van der Waals surface area contributed by atoms with E-state index in [-0.39, 0.29) is 23.8 Å². The number of carbonyl (C=O) groups is 1. The lowest BCUT2D eigenvalue weighted by atomic mass is 10.2. The summed E-state index contributed by atoms with van der Waals surface area (Å²) in [4.78, 5) is 28.4. The lowest BCUT2D eigenvalue weighted by Crippen LogP contribution is -2.26. The highest BCUT2D eigenvalue weighted by Crippen LogP contribution is 2.31. The van der Waals surface area contributed by atoms with Gasteiger partial charge in [0.2, 0.25) is 0 Å². The van der Waals surface area contributed by atoms with Gasteiger partial charge in [0, 0.05) is 18.4 Å². The summed E-state index contributed by atoms with van der Waals surface area (Å²) in [6, 6.07) is 0.850. The molecule has 0 radical (unpaired) electrons. The van der Waals surface area contributed by atoms with Gasteiger partial charge in [-0.3, -0.25) is 9.78 Å². The number of rotatable bonds is 4. The topological polar surface area (TPSA) is 85.6 Å². The molecule has 0 aromatic carbocycles. The van der Waals surface area contributed by atoms with Crippen LogP contribution in [0, 0.1) is 6.92 Å². The Balaban J connectivity index is 0.000000782. The van der Waals surface area contributed by atoms with Crippen LogP contribution in [0.25, 0.3) is 11.2 Å². The van der Waals surface area contributed by atoms with E-state index in [4.69, 9.17) is 0 Å². The normalized spacial score (nSPS) is 13.2. The minimum Gasteiger partial charge on any atom is -0.343 e. The molecule has 0 aliphatic heterocycles. The van der Waals surface area contributed by atoms with Crippen LogP contribution in [0.2, 0.25) is 0 Å². The number of halogens is 3. The summed E-state index contributed by atoms with van der Waals surface area (Å²) in [6.45, 7) is 5.49. The molecule has 1 fully saturated rings. The second kappa shape index (κ2) is 8.76. The van der Waals surface area contributed by atoms with Crippen LogP contribution in [0.15, 0.2) is 24.7 Å². The van der Waals surface area contributed by atoms with Gasteiger partial charge >= 0.3 is 6.18 Å². The molecule has 7 nitrogen and oxygen atoms in total. The van der Waals surface area contributed by atoms with E-state index in [0.717, 1.165) is 12.3 Å². The molecule has 1 amide bonds. The van der Waals surface area contributed by atoms with Gasteiger partial charge in [0.25, 0.3) is 5.91 Å². The average Bonchev–Trinajstić information content (AvgIpc) is 3.52. The molecular weight excluding hydrogens is 397 g/mol. The van der Waals surface area contributed by atoms with Gasteiger partial charge < -0.3 is 9.88 Å². The standard InChI is InChI=1S/C17H17F3N6O.C3H6/c1-9(2)26-14(8-24-16(27)13-7-21-10(3)5-22-13)25-12-4-11(17(18,19)20)6-23-15(12)26;1-2-3-1/h4-7,9H,8H2,1-3H3,(H,24,27);1-3H2. The monoisotopic (exact) mass is 420 g/mol. The number of carbonyl (C=O) groups excluding carboxylic acids is 1. The molecule has 3 heterocycles. The van der Waals surface area contributed by atoms with Crippen LogP contribution in [0.4, 0.5) is 13.2 Å². The first-order valence-corrected chi connectivity index (χ1v) is 9.67. The number of aromatic nitrogens is 5. The van der Waals surface area contributed by atoms with Crippen molar-refractivity contribution in [3.63, 3.8) is 0 Å². The summed E-state index contributed by atoms with van der Waals surface area (Å²) >= 11 is 0. The second-order valence-electron chi connectivity index (χ2n) is 7.34. The second-order valence-corrected chi connectivity index (χ2v) is 7.34. The van der Waals surface area contributed by atoms with Gasteiger partial charge in [-0.1, -0.05) is 19.3 Å². The number of alkyl halides is 3. The summed E-state index contributed by atoms with van der Waals surface area (Å²) in [5.41, 5.74) is 0.411. The molecule has 10 heteroatoms. The van der Waals surface area contributed by atoms with E-state index in [1.165, 1.54) is 31.7 Å². The Bertz CT molecular complexity index is 1020. The van der Waals surface area contributed by atoms with E-state index in [2.05, 4.69) is 25.3 Å². The summed E-state index contributed by atoms with van der Waals surface area (Å²) in [7, 11) is 0. The van der Waals surface area contributed by atoms with Gasteiger partial charge in [-0.2, -0.15) is 13.2 Å². The first-order valence-electron chi connectivity index (χ1n) is 9.67. The number of aryl methyl sites for hydroxylation is 1. The number of fused-ring (bicyclic) bond motifs is 1. The Kier molecular flexibility index (Phi) is 6.33. The van der Waals surface area contributed by atoms with E-state index >= 15 is 0 Å². The third kappa shape index (κ3) is 5.31. The number of hydrogen-bond acceptors (Lipinski definition) is 5. The molecule has 30 heavy (non-hydrogen) atoms. The Hall–Kier alpha value is -3.04. The lowest BCUT2D eigenvalue weighted by Gasteiger charge is -2.13. The molecule has 3 aromatic heterocycles. The van der Waals surface area contributed by atoms with Gasteiger partial charge in [-0.25, -0.2) is 15.0 Å². The van der Waals surface area contributed by atoms with Crippen molar-refractivity contribution in [2.45, 2.75) is 58.8 Å². The van der Waals surface area contributed by atoms with E-state index in [1.54, 1.807) is 11.5 Å². The van der Waals surface area contributed by atoms with Crippen LogP contribution in [0.3, 0.4) is 0 Å². The quantitative estimate of drug-likeness (QED) is 0.683. The Morgan fingerprint density at radius 2 is 1.83 bits per heavy atom. The molecule has 0 unspecified atom stereocenters. The summed E-state index contributed by atoms with van der Waals surface area (Å²) in [5.74, 6) is -0.0472. The molecule has 0 spiro atoms. The molecule has 160 valence electrons. The number of hydrogen-bond donors (Lipinski definition) is 1. The van der Waals surface area contributed by atoms with Crippen molar-refractivity contribution in [2.75, 3.05) is 0 Å². The molecule has 0 saturated heterocycles. The Morgan fingerprint density at radius 1 is 1.13 bits per heavy atom. The van der Waals surface area contributed by atoms with Crippen molar-refractivity contribution >= 4 is 17.1 Å². The number of nitrogens with one attached hydrogen (secondary N) is 1. The molecule has 0 atom stereocenters. The molecule has 1 aliphatic carbocycles. The minimum atomic E-state index is -4.50. The van der Waals surface area contributed by atoms with E-state index < -0.39 is 17.6 Å². The molecule has 1 saturated carbocycles. The third-order valence-corrected chi connectivity index (χ3v) is 4.22. The maximum Gasteiger partial charge on any atom is 0.417 e. The molecular formula is C20H23F3N6O. The van der Waals surface area contributed by atoms with Crippen LogP contribution in [0.5, 0.6) is 0 Å². The zero-order chi connectivity index (χ0) is 21.9. The van der Waals surface area contributed by atoms with Gasteiger partial charge in [0.05, 0.1) is 24.0 Å². The predicted molar refractivity (Wildman–Crippen MR) is 105 cm³/mol. The molecule has 1 aliphatic rings. The highest BCUT2D eigenvalue weighted by molar-refractivity contribution is 5.91. The van der Waals surface area contributed by atoms with Crippen LogP contribution >= 0.6 is 0 Å². The zero-order valence-corrected chi connectivity index (χ0v) is 17.0. The Labute approximate surface area is 171 Å². The number of nitrogens with zero attached hydrogens (tertiary/aromatic N) is 5. The number of pyridine rings is 1. The SMILES string of the molecule is C1CC1.Cc1cnc(C(=O)NCc2nc3cc(C(F)(F)F)cnc3n2C(C)C)cn1. The van der Waals surface area contributed by atoms with Gasteiger partial charge in [-0.15, -0.1) is 0 Å². The molecule has 1 N–H and O–H groups in total. The van der Waals surface area contributed by atoms with E-state index in [9.17, 15) is 18.0 Å². The van der Waals surface area contributed by atoms with Crippen molar-refractivity contribution in [3.8, 4) is 0 Å². The number of imidazole rings is 1. The smallest absolute Gasteiger partial charge is 0.343 e. The van der Waals surface area contributed by atoms with Crippen LogP contribution < -0.4 is 5.32 Å². The largest absolute Gasteiger partial charge is 0.417 e. The summed E-state index contributed by atoms with van der Waals surface area (Å²) < 4.78 is 40.4. The molecule has 3 aromatic rings. The maximum atomic E-state index is 12.9. The zero-order valence-electron chi connectivity index (χ0n) is 17.0. The van der Waals surface area contributed by atoms with Crippen molar-refractivity contribution in [2.24, 2.45) is 0 Å². The van der Waals surface area contributed by atoms with Crippen LogP contribution in [-0.2, 0) is 12.7 Å². The van der Waals surface area contributed by atoms with E-state index in [0.29, 0.717) is 17.2 Å². The van der Waals surface area contributed by atoms with Crippen LogP contribution in [-0.4, -0.2) is 30.4 Å². The maximum absolute atomic E-state index is 12.9. The van der Waals surface area contributed by atoms with Crippen molar-refractivity contribution in [1.82, 2.24) is 29.8 Å². The van der Waals surface area contributed by atoms with Gasteiger partial charge in [-0.05, 0) is 26.8 Å². The number of amides is 1. The van der Waals surface area contributed by atoms with Gasteiger partial charge in [0.1, 0.15) is 17.0 Å². The molecule has 0 bridgehead atoms. The first-order chi connectivity index (χ1) is 14.2. The fraction of sp³-hybridized carbons (Fsp3) is 0.450. The van der Waals surface area contributed by atoms with Crippen LogP contribution in [0.1, 0.15) is 66.7 Å². The Morgan fingerprint density at radius 3 is 2.37 bits per heavy atom. The fourth-order valence-electron chi connectivity index (χ4n) is 2.61. The van der Waals surface area contributed by atoms with Gasteiger partial charge in [0.15, 0.2) is 5.65 Å². The summed E-state index contributed by atoms with van der Waals surface area (Å²) in [5, 5.41) is 2.66. The lowest BCUT2D eigenvalue weighted by molar-refractivity contribution is -0.137. The average molecular weight is 420 g/mol. The van der Waals surface area contributed by atoms with E-state index in [1.807, 2.05) is 13.8 Å². The molecule has 4 rings (SSSR count). The highest BCUT2D eigenvalue weighted by Gasteiger charge is 2.32. The van der Waals surface area contributed by atoms with Crippen molar-refractivity contribution < 1.29 is 18.0 Å².